The highest BCUT2D eigenvalue weighted by molar-refractivity contribution is 5.96. The number of carboxylic acids is 1. The van der Waals surface area contributed by atoms with Gasteiger partial charge in [0.2, 0.25) is 47.3 Å². The molecule has 3 aromatic carbocycles. The minimum absolute atomic E-state index is 0.0392. The van der Waals surface area contributed by atoms with Crippen LogP contribution in [0.25, 0.3) is 10.9 Å². The number of aliphatic carboxylic acids is 1. The monoisotopic (exact) mass is 1110 g/mol. The molecule has 4 aromatic rings. The van der Waals surface area contributed by atoms with Gasteiger partial charge in [-0.25, -0.2) is 19.7 Å². The number of guanidine groups is 1. The van der Waals surface area contributed by atoms with E-state index in [2.05, 4.69) is 52.5 Å². The number of nitro groups is 1. The van der Waals surface area contributed by atoms with Crippen LogP contribution in [0.4, 0.5) is 4.79 Å². The van der Waals surface area contributed by atoms with Crippen LogP contribution in [0.1, 0.15) is 49.3 Å². The van der Waals surface area contributed by atoms with Gasteiger partial charge in [-0.1, -0.05) is 78.9 Å². The standard InChI is InChI=1S/C50H63N15O15/c1-29(44(71)57-24-40(67)56-25-42(69)61-35(18-19-39(51)66)47(74)64(65(78)79)38(48(75)76)17-10-20-54-49(52)53)60-41(68)26-58-46(73)37(22-32-23-55-34-16-9-8-15-33(32)34)62-43(70)27-59-45(72)36(21-30-11-4-2-5-12-30)63-50(77)80-28-31-13-6-3-7-14-31/h2-9,11-16,23,29,35-38,55H,10,17-22,24-28H2,1H3,(H2,51,66)(H,56,67)(H,57,71)(H,58,73)(H,59,72)(H,60,68)(H,61,69)(H,62,70)(H,63,77)(H,75,76)(H4,52,53,54)/t29-,35-,36+,37-,38-/m0/s1. The quantitative estimate of drug-likeness (QED) is 0.00761. The molecule has 30 nitrogen and oxygen atoms in total. The minimum atomic E-state index is -2.06. The Kier molecular flexibility index (Phi) is 24.8. The van der Waals surface area contributed by atoms with Gasteiger partial charge in [-0.2, -0.15) is 0 Å². The first-order valence-electron chi connectivity index (χ1n) is 24.7. The SMILES string of the molecule is C[C@H](NC(=O)CNC(=O)[C@H](Cc1c[nH]c2ccccc12)NC(=O)CNC(=O)[C@@H](Cc1ccccc1)NC(=O)OCc1ccccc1)C(=O)NCC(=O)NCC(=O)N[C@@H](CCC(N)=O)C(=O)N([C@@H](CCCN=C(N)N)C(=O)O)[N+](=O)[O-]. The Morgan fingerprint density at radius 3 is 1.80 bits per heavy atom. The van der Waals surface area contributed by atoms with Crippen LogP contribution in [0.5, 0.6) is 0 Å². The molecule has 0 aliphatic carbocycles. The lowest BCUT2D eigenvalue weighted by molar-refractivity contribution is -0.640. The first-order chi connectivity index (χ1) is 38.1. The third-order valence-electron chi connectivity index (χ3n) is 11.6. The number of nitrogens with two attached hydrogens (primary N) is 3. The van der Waals surface area contributed by atoms with Crippen LogP contribution in [-0.2, 0) is 72.1 Å². The van der Waals surface area contributed by atoms with Crippen molar-refractivity contribution in [2.75, 3.05) is 32.7 Å². The summed E-state index contributed by atoms with van der Waals surface area (Å²) in [6.45, 7) is -1.92. The molecule has 16 N–H and O–H groups in total. The Bertz CT molecular complexity index is 2880. The average Bonchev–Trinajstić information content (AvgIpc) is 3.84. The number of aromatic amines is 1. The number of benzene rings is 3. The van der Waals surface area contributed by atoms with Crippen LogP contribution in [0.15, 0.2) is 96.1 Å². The van der Waals surface area contributed by atoms with E-state index in [1.54, 1.807) is 91.1 Å². The number of nitrogens with one attached hydrogen (secondary N) is 9. The Morgan fingerprint density at radius 2 is 1.20 bits per heavy atom. The van der Waals surface area contributed by atoms with Gasteiger partial charge in [0.05, 0.1) is 26.2 Å². The van der Waals surface area contributed by atoms with Crippen molar-refractivity contribution in [2.45, 2.75) is 82.3 Å². The predicted octanol–water partition coefficient (Wildman–Crippen LogP) is -3.02. The van der Waals surface area contributed by atoms with Crippen LogP contribution in [-0.4, -0.2) is 154 Å². The molecule has 80 heavy (non-hydrogen) atoms. The second-order valence-corrected chi connectivity index (χ2v) is 17.7. The average molecular weight is 1110 g/mol. The van der Waals surface area contributed by atoms with E-state index in [1.165, 1.54) is 6.92 Å². The van der Waals surface area contributed by atoms with Crippen LogP contribution in [0, 0.1) is 10.1 Å². The van der Waals surface area contributed by atoms with Crippen LogP contribution in [0.3, 0.4) is 0 Å². The van der Waals surface area contributed by atoms with Crippen molar-refractivity contribution >= 4 is 82.1 Å². The third kappa shape index (κ3) is 21.5. The summed E-state index contributed by atoms with van der Waals surface area (Å²) in [6, 6.07) is 17.1. The lowest BCUT2D eigenvalue weighted by Gasteiger charge is -2.24. The molecular formula is C50H63N15O15. The number of amides is 10. The van der Waals surface area contributed by atoms with Gasteiger partial charge in [-0.3, -0.25) is 48.1 Å². The normalized spacial score (nSPS) is 12.5. The first kappa shape index (κ1) is 62.4. The van der Waals surface area contributed by atoms with Gasteiger partial charge in [-0.05, 0) is 54.0 Å². The number of hydrogen-bond acceptors (Lipinski definition) is 15. The molecule has 0 aliphatic heterocycles. The number of ether oxygens (including phenoxy) is 1. The second kappa shape index (κ2) is 31.8. The maximum atomic E-state index is 13.7. The van der Waals surface area contributed by atoms with E-state index in [1.807, 2.05) is 0 Å². The third-order valence-corrected chi connectivity index (χ3v) is 11.6. The fraction of sp³-hybridized carbons (Fsp3) is 0.360. The number of aromatic nitrogens is 1. The van der Waals surface area contributed by atoms with Crippen LogP contribution in [0.2, 0.25) is 0 Å². The number of alkyl carbamates (subject to hydrolysis) is 1. The molecule has 10 amide bonds. The van der Waals surface area contributed by atoms with Gasteiger partial charge in [0.25, 0.3) is 0 Å². The topological polar surface area (TPSA) is 466 Å². The first-order valence-corrected chi connectivity index (χ1v) is 24.7. The van der Waals surface area contributed by atoms with Gasteiger partial charge >= 0.3 is 18.0 Å². The lowest BCUT2D eigenvalue weighted by Crippen LogP contribution is -2.57. The van der Waals surface area contributed by atoms with Gasteiger partial charge in [0.15, 0.2) is 17.0 Å². The molecule has 0 spiro atoms. The van der Waals surface area contributed by atoms with Crippen molar-refractivity contribution in [1.82, 2.24) is 52.5 Å². The van der Waals surface area contributed by atoms with Gasteiger partial charge in [0.1, 0.15) is 30.8 Å². The zero-order valence-corrected chi connectivity index (χ0v) is 43.3. The molecule has 0 saturated heterocycles. The zero-order valence-electron chi connectivity index (χ0n) is 43.3. The predicted molar refractivity (Wildman–Crippen MR) is 283 cm³/mol. The van der Waals surface area contributed by atoms with E-state index >= 15 is 0 Å². The van der Waals surface area contributed by atoms with E-state index < -0.39 is 146 Å². The Morgan fingerprint density at radius 1 is 0.662 bits per heavy atom. The zero-order chi connectivity index (χ0) is 58.7. The van der Waals surface area contributed by atoms with E-state index in [0.29, 0.717) is 16.7 Å². The van der Waals surface area contributed by atoms with E-state index in [-0.39, 0.29) is 43.4 Å². The van der Waals surface area contributed by atoms with Crippen molar-refractivity contribution in [1.29, 1.82) is 0 Å². The number of rotatable bonds is 32. The number of carbonyl (C=O) groups is 11. The Balaban J connectivity index is 1.30. The summed E-state index contributed by atoms with van der Waals surface area (Å²) < 4.78 is 5.32. The number of aliphatic imine (C=N–C) groups is 1. The summed E-state index contributed by atoms with van der Waals surface area (Å²) in [5, 5.41) is 39.7. The number of carboxylic acid groups (broad SMARTS) is 1. The summed E-state index contributed by atoms with van der Waals surface area (Å²) in [6.07, 6.45) is -1.07. The van der Waals surface area contributed by atoms with E-state index in [4.69, 9.17) is 21.9 Å². The van der Waals surface area contributed by atoms with Crippen molar-refractivity contribution < 1.29 is 67.6 Å². The Hall–Kier alpha value is -10.2. The van der Waals surface area contributed by atoms with Crippen molar-refractivity contribution in [3.05, 3.63) is 118 Å². The molecule has 4 rings (SSSR count). The number of primary amides is 1. The summed E-state index contributed by atoms with van der Waals surface area (Å²) >= 11 is 0. The van der Waals surface area contributed by atoms with E-state index in [0.717, 1.165) is 10.9 Å². The molecule has 5 atom stereocenters. The van der Waals surface area contributed by atoms with Crippen LogP contribution < -0.4 is 59.7 Å². The second-order valence-electron chi connectivity index (χ2n) is 17.7. The van der Waals surface area contributed by atoms with Gasteiger partial charge < -0.3 is 74.6 Å². The number of H-pyrrole nitrogens is 1. The highest BCUT2D eigenvalue weighted by atomic mass is 16.7. The molecule has 1 aromatic heterocycles. The number of nitrogens with zero attached hydrogens (tertiary/aromatic N) is 3. The van der Waals surface area contributed by atoms with Gasteiger partial charge in [-0.15, -0.1) is 0 Å². The summed E-state index contributed by atoms with van der Waals surface area (Å²) in [5.41, 5.74) is 18.4. The molecule has 428 valence electrons. The number of fused-ring (bicyclic) bond motifs is 1. The molecule has 0 saturated carbocycles. The molecule has 0 radical (unpaired) electrons. The largest absolute Gasteiger partial charge is 0.480 e. The summed E-state index contributed by atoms with van der Waals surface area (Å²) in [4.78, 5) is 160. The molecular weight excluding hydrogens is 1050 g/mol. The maximum Gasteiger partial charge on any atom is 0.408 e. The molecule has 0 unspecified atom stereocenters. The maximum absolute atomic E-state index is 13.7. The van der Waals surface area contributed by atoms with Crippen molar-refractivity contribution in [3.8, 4) is 0 Å². The number of carbonyl (C=O) groups excluding carboxylic acids is 10. The Labute approximate surface area is 456 Å². The molecule has 0 bridgehead atoms. The fourth-order valence-corrected chi connectivity index (χ4v) is 7.58. The summed E-state index contributed by atoms with van der Waals surface area (Å²) in [7, 11) is 0. The molecule has 30 heteroatoms. The van der Waals surface area contributed by atoms with Crippen LogP contribution >= 0.6 is 0 Å². The fourth-order valence-electron chi connectivity index (χ4n) is 7.58. The summed E-state index contributed by atoms with van der Waals surface area (Å²) in [5.74, 6) is -10.8. The minimum Gasteiger partial charge on any atom is -0.480 e. The highest BCUT2D eigenvalue weighted by Gasteiger charge is 2.42. The van der Waals surface area contributed by atoms with Crippen molar-refractivity contribution in [2.24, 2.45) is 22.2 Å². The molecule has 0 aliphatic rings. The van der Waals surface area contributed by atoms with Crippen molar-refractivity contribution in [3.63, 3.8) is 0 Å². The highest BCUT2D eigenvalue weighted by Crippen LogP contribution is 2.19. The lowest BCUT2D eigenvalue weighted by atomic mass is 10.0. The van der Waals surface area contributed by atoms with E-state index in [9.17, 15) is 68.0 Å². The number of hydrogen-bond donors (Lipinski definition) is 13. The number of para-hydroxylation sites is 1. The number of hydrazine groups is 1. The molecule has 1 heterocycles. The smallest absolute Gasteiger partial charge is 0.408 e. The molecule has 0 fully saturated rings. The van der Waals surface area contributed by atoms with Gasteiger partial charge in [0, 0.05) is 42.9 Å².